The van der Waals surface area contributed by atoms with Crippen LogP contribution < -0.4 is 5.73 Å². The van der Waals surface area contributed by atoms with Crippen molar-refractivity contribution in [1.29, 1.82) is 0 Å². The number of aryl methyl sites for hydroxylation is 1. The minimum absolute atomic E-state index is 0.734. The van der Waals surface area contributed by atoms with E-state index in [4.69, 9.17) is 10.2 Å². The van der Waals surface area contributed by atoms with Gasteiger partial charge in [-0.3, -0.25) is 0 Å². The van der Waals surface area contributed by atoms with E-state index in [1.165, 1.54) is 5.56 Å². The molecule has 1 aromatic heterocycles. The van der Waals surface area contributed by atoms with E-state index in [1.807, 2.05) is 31.2 Å². The highest BCUT2D eigenvalue weighted by atomic mass is 79.9. The standard InChI is InChI=1S/C12H12BrNO/c1-8-2-3-9(11(14)6-8)7-10-4-5-12(13)15-10/h2-6H,7,14H2,1H3. The number of hydrogen-bond donors (Lipinski definition) is 1. The molecule has 2 aromatic rings. The predicted molar refractivity (Wildman–Crippen MR) is 64.8 cm³/mol. The molecule has 1 aromatic carbocycles. The number of nitrogens with two attached hydrogens (primary N) is 1. The minimum atomic E-state index is 0.734. The SMILES string of the molecule is Cc1ccc(Cc2ccc(Br)o2)c(N)c1. The van der Waals surface area contributed by atoms with Gasteiger partial charge in [0.05, 0.1) is 0 Å². The molecule has 0 amide bonds. The summed E-state index contributed by atoms with van der Waals surface area (Å²) in [5, 5.41) is 0. The van der Waals surface area contributed by atoms with Crippen molar-refractivity contribution in [1.82, 2.24) is 0 Å². The Morgan fingerprint density at radius 3 is 2.67 bits per heavy atom. The lowest BCUT2D eigenvalue weighted by Gasteiger charge is -2.04. The van der Waals surface area contributed by atoms with Crippen LogP contribution in [0.5, 0.6) is 0 Å². The molecular weight excluding hydrogens is 254 g/mol. The minimum Gasteiger partial charge on any atom is -0.454 e. The van der Waals surface area contributed by atoms with Crippen molar-refractivity contribution in [2.45, 2.75) is 13.3 Å². The van der Waals surface area contributed by atoms with Crippen LogP contribution in [0.1, 0.15) is 16.9 Å². The van der Waals surface area contributed by atoms with Crippen molar-refractivity contribution >= 4 is 21.6 Å². The highest BCUT2D eigenvalue weighted by Crippen LogP contribution is 2.21. The molecule has 2 rings (SSSR count). The van der Waals surface area contributed by atoms with E-state index in [-0.39, 0.29) is 0 Å². The fraction of sp³-hybridized carbons (Fsp3) is 0.167. The number of rotatable bonds is 2. The lowest BCUT2D eigenvalue weighted by Crippen LogP contribution is -1.95. The molecule has 0 aliphatic heterocycles. The van der Waals surface area contributed by atoms with Gasteiger partial charge < -0.3 is 10.2 Å². The molecule has 15 heavy (non-hydrogen) atoms. The molecule has 0 fully saturated rings. The van der Waals surface area contributed by atoms with E-state index in [0.717, 1.165) is 28.1 Å². The van der Waals surface area contributed by atoms with Crippen molar-refractivity contribution in [2.24, 2.45) is 0 Å². The van der Waals surface area contributed by atoms with Gasteiger partial charge in [0.15, 0.2) is 4.67 Å². The van der Waals surface area contributed by atoms with Gasteiger partial charge >= 0.3 is 0 Å². The van der Waals surface area contributed by atoms with E-state index in [0.29, 0.717) is 0 Å². The summed E-state index contributed by atoms with van der Waals surface area (Å²) in [6.45, 7) is 2.03. The number of furan rings is 1. The largest absolute Gasteiger partial charge is 0.454 e. The fourth-order valence-electron chi connectivity index (χ4n) is 1.51. The zero-order valence-corrected chi connectivity index (χ0v) is 10.0. The summed E-state index contributed by atoms with van der Waals surface area (Å²) in [6.07, 6.45) is 0.734. The third-order valence-corrected chi connectivity index (χ3v) is 2.72. The molecule has 0 saturated carbocycles. The Morgan fingerprint density at radius 2 is 2.07 bits per heavy atom. The summed E-state index contributed by atoms with van der Waals surface area (Å²) >= 11 is 3.28. The molecule has 0 bridgehead atoms. The van der Waals surface area contributed by atoms with Gasteiger partial charge in [0, 0.05) is 12.1 Å². The van der Waals surface area contributed by atoms with Crippen LogP contribution in [-0.4, -0.2) is 0 Å². The molecule has 78 valence electrons. The maximum absolute atomic E-state index is 5.92. The molecule has 0 spiro atoms. The lowest BCUT2D eigenvalue weighted by molar-refractivity contribution is 0.498. The Balaban J connectivity index is 2.24. The predicted octanol–water partition coefficient (Wildman–Crippen LogP) is 3.52. The zero-order valence-electron chi connectivity index (χ0n) is 8.46. The smallest absolute Gasteiger partial charge is 0.169 e. The van der Waals surface area contributed by atoms with Crippen molar-refractivity contribution in [3.05, 3.63) is 51.9 Å². The lowest BCUT2D eigenvalue weighted by atomic mass is 10.1. The van der Waals surface area contributed by atoms with Crippen LogP contribution in [0.3, 0.4) is 0 Å². The van der Waals surface area contributed by atoms with Crippen LogP contribution >= 0.6 is 15.9 Å². The summed E-state index contributed by atoms with van der Waals surface area (Å²) < 4.78 is 6.19. The van der Waals surface area contributed by atoms with E-state index in [1.54, 1.807) is 0 Å². The van der Waals surface area contributed by atoms with Gasteiger partial charge in [-0.1, -0.05) is 12.1 Å². The maximum atomic E-state index is 5.92. The molecule has 0 unspecified atom stereocenters. The number of hydrogen-bond acceptors (Lipinski definition) is 2. The van der Waals surface area contributed by atoms with Gasteiger partial charge in [-0.25, -0.2) is 0 Å². The monoisotopic (exact) mass is 265 g/mol. The van der Waals surface area contributed by atoms with Gasteiger partial charge in [-0.15, -0.1) is 0 Å². The molecule has 0 radical (unpaired) electrons. The van der Waals surface area contributed by atoms with E-state index in [9.17, 15) is 0 Å². The Bertz CT molecular complexity index is 476. The number of benzene rings is 1. The van der Waals surface area contributed by atoms with E-state index >= 15 is 0 Å². The zero-order chi connectivity index (χ0) is 10.8. The van der Waals surface area contributed by atoms with E-state index < -0.39 is 0 Å². The third kappa shape index (κ3) is 2.42. The van der Waals surface area contributed by atoms with Crippen molar-refractivity contribution < 1.29 is 4.42 Å². The van der Waals surface area contributed by atoms with Crippen molar-refractivity contribution in [3.63, 3.8) is 0 Å². The van der Waals surface area contributed by atoms with Crippen LogP contribution in [0.15, 0.2) is 39.4 Å². The fourth-order valence-corrected chi connectivity index (χ4v) is 1.85. The highest BCUT2D eigenvalue weighted by Gasteiger charge is 2.04. The average molecular weight is 266 g/mol. The van der Waals surface area contributed by atoms with Gasteiger partial charge in [-0.05, 0) is 52.2 Å². The van der Waals surface area contributed by atoms with Crippen LogP contribution in [0.25, 0.3) is 0 Å². The van der Waals surface area contributed by atoms with E-state index in [2.05, 4.69) is 22.0 Å². The summed E-state index contributed by atoms with van der Waals surface area (Å²) in [6, 6.07) is 9.92. The number of anilines is 1. The molecule has 0 aliphatic carbocycles. The van der Waals surface area contributed by atoms with Crippen molar-refractivity contribution in [3.8, 4) is 0 Å². The third-order valence-electron chi connectivity index (χ3n) is 2.29. The Labute approximate surface area is 97.2 Å². The topological polar surface area (TPSA) is 39.2 Å². The average Bonchev–Trinajstić information content (AvgIpc) is 2.56. The van der Waals surface area contributed by atoms with Gasteiger partial charge in [0.25, 0.3) is 0 Å². The Kier molecular flexibility index (Phi) is 2.82. The first kappa shape index (κ1) is 10.3. The van der Waals surface area contributed by atoms with Crippen LogP contribution in [-0.2, 0) is 6.42 Å². The van der Waals surface area contributed by atoms with Crippen LogP contribution in [0, 0.1) is 6.92 Å². The molecule has 2 nitrogen and oxygen atoms in total. The normalized spacial score (nSPS) is 10.5. The first-order valence-corrected chi connectivity index (χ1v) is 5.53. The second kappa shape index (κ2) is 4.11. The molecule has 0 atom stereocenters. The second-order valence-electron chi connectivity index (χ2n) is 3.58. The summed E-state index contributed by atoms with van der Waals surface area (Å²) in [7, 11) is 0. The number of nitrogen functional groups attached to an aromatic ring is 1. The first-order chi connectivity index (χ1) is 7.15. The molecule has 0 saturated heterocycles. The molecule has 0 aliphatic rings. The summed E-state index contributed by atoms with van der Waals surface area (Å²) in [5.74, 6) is 0.914. The van der Waals surface area contributed by atoms with Crippen molar-refractivity contribution in [2.75, 3.05) is 5.73 Å². The Hall–Kier alpha value is -1.22. The quantitative estimate of drug-likeness (QED) is 0.844. The Morgan fingerprint density at radius 1 is 1.27 bits per heavy atom. The summed E-state index contributed by atoms with van der Waals surface area (Å²) in [4.78, 5) is 0. The highest BCUT2D eigenvalue weighted by molar-refractivity contribution is 9.10. The van der Waals surface area contributed by atoms with Crippen LogP contribution in [0.2, 0.25) is 0 Å². The molecule has 3 heteroatoms. The molecule has 2 N–H and O–H groups in total. The molecular formula is C12H12BrNO. The first-order valence-electron chi connectivity index (χ1n) is 4.74. The second-order valence-corrected chi connectivity index (χ2v) is 4.37. The van der Waals surface area contributed by atoms with Gasteiger partial charge in [0.2, 0.25) is 0 Å². The maximum Gasteiger partial charge on any atom is 0.169 e. The van der Waals surface area contributed by atoms with Crippen LogP contribution in [0.4, 0.5) is 5.69 Å². The van der Waals surface area contributed by atoms with Gasteiger partial charge in [0.1, 0.15) is 5.76 Å². The number of halogens is 1. The van der Waals surface area contributed by atoms with Gasteiger partial charge in [-0.2, -0.15) is 0 Å². The summed E-state index contributed by atoms with van der Waals surface area (Å²) in [5.41, 5.74) is 9.02. The molecule has 1 heterocycles.